The lowest BCUT2D eigenvalue weighted by Crippen LogP contribution is -2.50. The molecule has 1 aliphatic heterocycles. The Morgan fingerprint density at radius 2 is 1.84 bits per heavy atom. The number of benzene rings is 1. The molecular formula is C30H43N5O2. The molecule has 2 heterocycles. The van der Waals surface area contributed by atoms with Crippen LogP contribution in [0.4, 0.5) is 0 Å². The monoisotopic (exact) mass is 505 g/mol. The summed E-state index contributed by atoms with van der Waals surface area (Å²) in [6.07, 6.45) is 7.56. The summed E-state index contributed by atoms with van der Waals surface area (Å²) < 4.78 is 2.18. The molecule has 1 aliphatic carbocycles. The number of likely N-dealkylation sites (tertiary alicyclic amines) is 1. The summed E-state index contributed by atoms with van der Waals surface area (Å²) in [5.41, 5.74) is 1.76. The lowest BCUT2D eigenvalue weighted by molar-refractivity contribution is -0.127. The van der Waals surface area contributed by atoms with E-state index < -0.39 is 6.04 Å². The van der Waals surface area contributed by atoms with E-state index in [2.05, 4.69) is 45.4 Å². The maximum atomic E-state index is 13.7. The standard InChI is InChI=1S/C30H43N5O2/c1-21(2)18-24(20-31)32-29(36)25-9-5-6-10-26(25)33-30(37)28-19-23-8-4-7-11-27(23)35(28)17-14-22-12-15-34(3)16-13-22/h4,7-8,11,19,21-22,24-26H,5-6,9-10,12-18H2,1-3H3,(H,32,36)(H,33,37)/t24-,25+,26-/m0/s1. The molecule has 200 valence electrons. The number of aryl methyl sites for hydroxylation is 1. The van der Waals surface area contributed by atoms with Gasteiger partial charge in [-0.05, 0) is 82.6 Å². The smallest absolute Gasteiger partial charge is 0.268 e. The Morgan fingerprint density at radius 3 is 2.57 bits per heavy atom. The van der Waals surface area contributed by atoms with Crippen LogP contribution in [0.15, 0.2) is 30.3 Å². The number of amides is 2. The molecule has 2 aliphatic rings. The topological polar surface area (TPSA) is 90.2 Å². The van der Waals surface area contributed by atoms with Gasteiger partial charge in [0.25, 0.3) is 5.91 Å². The molecule has 3 atom stereocenters. The zero-order chi connectivity index (χ0) is 26.4. The van der Waals surface area contributed by atoms with Gasteiger partial charge in [0.2, 0.25) is 5.91 Å². The summed E-state index contributed by atoms with van der Waals surface area (Å²) in [5.74, 6) is 0.475. The van der Waals surface area contributed by atoms with Gasteiger partial charge < -0.3 is 20.1 Å². The maximum Gasteiger partial charge on any atom is 0.268 e. The number of para-hydroxylation sites is 1. The van der Waals surface area contributed by atoms with Gasteiger partial charge in [0.15, 0.2) is 0 Å². The summed E-state index contributed by atoms with van der Waals surface area (Å²) in [4.78, 5) is 29.2. The number of hydrogen-bond donors (Lipinski definition) is 2. The highest BCUT2D eigenvalue weighted by Crippen LogP contribution is 2.28. The van der Waals surface area contributed by atoms with Crippen LogP contribution < -0.4 is 10.6 Å². The number of carbonyl (C=O) groups excluding carboxylic acids is 2. The zero-order valence-electron chi connectivity index (χ0n) is 22.7. The Kier molecular flexibility index (Phi) is 9.26. The van der Waals surface area contributed by atoms with Crippen LogP contribution in [0.5, 0.6) is 0 Å². The molecule has 37 heavy (non-hydrogen) atoms. The van der Waals surface area contributed by atoms with E-state index in [0.29, 0.717) is 24.0 Å². The number of nitrogens with zero attached hydrogens (tertiary/aromatic N) is 3. The van der Waals surface area contributed by atoms with E-state index in [1.165, 1.54) is 12.8 Å². The van der Waals surface area contributed by atoms with Gasteiger partial charge in [-0.3, -0.25) is 9.59 Å². The minimum atomic E-state index is -0.493. The van der Waals surface area contributed by atoms with Crippen molar-refractivity contribution in [3.05, 3.63) is 36.0 Å². The van der Waals surface area contributed by atoms with Gasteiger partial charge in [-0.25, -0.2) is 0 Å². The first-order chi connectivity index (χ1) is 17.9. The first-order valence-electron chi connectivity index (χ1n) is 14.1. The molecule has 1 saturated heterocycles. The lowest BCUT2D eigenvalue weighted by Gasteiger charge is -2.32. The molecule has 7 nitrogen and oxygen atoms in total. The molecule has 7 heteroatoms. The molecule has 0 spiro atoms. The van der Waals surface area contributed by atoms with Crippen molar-refractivity contribution in [3.8, 4) is 6.07 Å². The Morgan fingerprint density at radius 1 is 1.11 bits per heavy atom. The van der Waals surface area contributed by atoms with Gasteiger partial charge in [0.05, 0.1) is 12.0 Å². The highest BCUT2D eigenvalue weighted by Gasteiger charge is 2.34. The molecule has 0 radical (unpaired) electrons. The number of carbonyl (C=O) groups is 2. The third-order valence-electron chi connectivity index (χ3n) is 8.24. The predicted molar refractivity (Wildman–Crippen MR) is 147 cm³/mol. The van der Waals surface area contributed by atoms with Crippen molar-refractivity contribution in [3.63, 3.8) is 0 Å². The minimum Gasteiger partial charge on any atom is -0.347 e. The van der Waals surface area contributed by atoms with E-state index >= 15 is 0 Å². The van der Waals surface area contributed by atoms with E-state index in [1.807, 2.05) is 32.0 Å². The van der Waals surface area contributed by atoms with Gasteiger partial charge in [0, 0.05) is 23.5 Å². The molecule has 4 rings (SSSR count). The number of nitrogens with one attached hydrogen (secondary N) is 2. The van der Waals surface area contributed by atoms with Gasteiger partial charge in [-0.2, -0.15) is 5.26 Å². The van der Waals surface area contributed by atoms with Crippen LogP contribution in [0.3, 0.4) is 0 Å². The van der Waals surface area contributed by atoms with Crippen LogP contribution in [0.25, 0.3) is 10.9 Å². The Labute approximate surface area is 221 Å². The number of piperidine rings is 1. The summed E-state index contributed by atoms with van der Waals surface area (Å²) in [6, 6.07) is 11.7. The molecule has 2 amide bonds. The van der Waals surface area contributed by atoms with E-state index in [4.69, 9.17) is 0 Å². The fourth-order valence-electron chi connectivity index (χ4n) is 6.06. The molecule has 2 aromatic rings. The Balaban J connectivity index is 1.48. The van der Waals surface area contributed by atoms with Gasteiger partial charge in [-0.1, -0.05) is 44.9 Å². The second-order valence-electron chi connectivity index (χ2n) is 11.6. The number of fused-ring (bicyclic) bond motifs is 1. The highest BCUT2D eigenvalue weighted by molar-refractivity contribution is 5.99. The number of aromatic nitrogens is 1. The first-order valence-corrected chi connectivity index (χ1v) is 14.1. The first kappa shape index (κ1) is 27.2. The molecule has 2 fully saturated rings. The van der Waals surface area contributed by atoms with Gasteiger partial charge in [-0.15, -0.1) is 0 Å². The number of rotatable bonds is 9. The van der Waals surface area contributed by atoms with E-state index in [9.17, 15) is 14.9 Å². The molecular weight excluding hydrogens is 462 g/mol. The van der Waals surface area contributed by atoms with Crippen molar-refractivity contribution in [1.82, 2.24) is 20.1 Å². The van der Waals surface area contributed by atoms with E-state index in [1.54, 1.807) is 0 Å². The summed E-state index contributed by atoms with van der Waals surface area (Å²) >= 11 is 0. The number of nitriles is 1. The van der Waals surface area contributed by atoms with Crippen LogP contribution in [-0.2, 0) is 11.3 Å². The molecule has 1 saturated carbocycles. The lowest BCUT2D eigenvalue weighted by atomic mass is 9.83. The van der Waals surface area contributed by atoms with Crippen molar-refractivity contribution in [2.24, 2.45) is 17.8 Å². The molecule has 0 unspecified atom stereocenters. The third-order valence-corrected chi connectivity index (χ3v) is 8.24. The molecule has 1 aromatic heterocycles. The SMILES string of the molecule is CC(C)C[C@@H](C#N)NC(=O)[C@@H]1CCCC[C@@H]1NC(=O)c1cc2ccccc2n1CCC1CCN(C)CC1. The summed E-state index contributed by atoms with van der Waals surface area (Å²) in [7, 11) is 2.18. The van der Waals surface area contributed by atoms with Crippen molar-refractivity contribution in [2.45, 2.75) is 83.8 Å². The van der Waals surface area contributed by atoms with Gasteiger partial charge in [0.1, 0.15) is 11.7 Å². The number of hydrogen-bond acceptors (Lipinski definition) is 4. The molecule has 2 N–H and O–H groups in total. The van der Waals surface area contributed by atoms with Crippen molar-refractivity contribution < 1.29 is 9.59 Å². The van der Waals surface area contributed by atoms with Crippen LogP contribution >= 0.6 is 0 Å². The Bertz CT molecular complexity index is 1110. The zero-order valence-corrected chi connectivity index (χ0v) is 22.7. The van der Waals surface area contributed by atoms with Crippen molar-refractivity contribution >= 4 is 22.7 Å². The van der Waals surface area contributed by atoms with Crippen LogP contribution in [0, 0.1) is 29.1 Å². The largest absolute Gasteiger partial charge is 0.347 e. The average molecular weight is 506 g/mol. The quantitative estimate of drug-likeness (QED) is 0.516. The molecule has 0 bridgehead atoms. The minimum absolute atomic E-state index is 0.108. The van der Waals surface area contributed by atoms with Crippen molar-refractivity contribution in [1.29, 1.82) is 5.26 Å². The maximum absolute atomic E-state index is 13.7. The van der Waals surface area contributed by atoms with Crippen LogP contribution in [-0.4, -0.2) is 53.5 Å². The summed E-state index contributed by atoms with van der Waals surface area (Å²) in [5, 5.41) is 16.7. The van der Waals surface area contributed by atoms with Crippen LogP contribution in [0.2, 0.25) is 0 Å². The van der Waals surface area contributed by atoms with E-state index in [0.717, 1.165) is 62.6 Å². The second-order valence-corrected chi connectivity index (χ2v) is 11.6. The fourth-order valence-corrected chi connectivity index (χ4v) is 6.06. The van der Waals surface area contributed by atoms with Crippen LogP contribution in [0.1, 0.15) is 75.7 Å². The second kappa shape index (κ2) is 12.6. The molecule has 1 aromatic carbocycles. The highest BCUT2D eigenvalue weighted by atomic mass is 16.2. The van der Waals surface area contributed by atoms with E-state index in [-0.39, 0.29) is 23.8 Å². The predicted octanol–water partition coefficient (Wildman–Crippen LogP) is 4.72. The normalized spacial score (nSPS) is 22.0. The van der Waals surface area contributed by atoms with Crippen molar-refractivity contribution in [2.75, 3.05) is 20.1 Å². The summed E-state index contributed by atoms with van der Waals surface area (Å²) in [6.45, 7) is 7.19. The van der Waals surface area contributed by atoms with Gasteiger partial charge >= 0.3 is 0 Å². The Hall–Kier alpha value is -2.85. The third kappa shape index (κ3) is 6.93. The fraction of sp³-hybridized carbons (Fsp3) is 0.633. The average Bonchev–Trinajstić information content (AvgIpc) is 3.26.